The van der Waals surface area contributed by atoms with Gasteiger partial charge in [-0.05, 0) is 0 Å². The average molecular weight is 110 g/mol. The van der Waals surface area contributed by atoms with Crippen molar-refractivity contribution in [2.75, 3.05) is 0 Å². The van der Waals surface area contributed by atoms with Crippen LogP contribution in [0.15, 0.2) is 22.4 Å². The molecule has 1 aliphatic rings. The van der Waals surface area contributed by atoms with Crippen molar-refractivity contribution in [2.24, 2.45) is 21.5 Å². The summed E-state index contributed by atoms with van der Waals surface area (Å²) in [5, 5.41) is 0. The second-order valence-corrected chi connectivity index (χ2v) is 1.41. The summed E-state index contributed by atoms with van der Waals surface area (Å²) in [5.41, 5.74) is 10.4. The van der Waals surface area contributed by atoms with Crippen molar-refractivity contribution in [3.05, 3.63) is 12.4 Å². The average Bonchev–Trinajstić information content (AvgIpc) is 1.85. The Bertz CT molecular complexity index is 168. The Balaban J connectivity index is 2.98. The second-order valence-electron chi connectivity index (χ2n) is 1.41. The first kappa shape index (κ1) is 4.83. The Hall–Kier alpha value is -1.32. The lowest BCUT2D eigenvalue weighted by Gasteiger charge is -1.83. The van der Waals surface area contributed by atoms with Crippen LogP contribution in [0.25, 0.3) is 0 Å². The van der Waals surface area contributed by atoms with E-state index in [2.05, 4.69) is 16.6 Å². The number of nitrogens with two attached hydrogens (primary N) is 2. The molecule has 0 aromatic carbocycles. The molecular formula is C4H6N4. The molecule has 0 radical (unpaired) electrons. The van der Waals surface area contributed by atoms with E-state index in [1.807, 2.05) is 0 Å². The van der Waals surface area contributed by atoms with E-state index < -0.39 is 0 Å². The standard InChI is InChI=1S/C4H6N4/c1-2-7-3(5)4(6)8-2/h1H2,(H2,5,7)(H2,6,8). The van der Waals surface area contributed by atoms with E-state index >= 15 is 0 Å². The highest BCUT2D eigenvalue weighted by Crippen LogP contribution is 2.00. The van der Waals surface area contributed by atoms with Gasteiger partial charge in [-0.2, -0.15) is 0 Å². The van der Waals surface area contributed by atoms with Gasteiger partial charge in [-0.3, -0.25) is 0 Å². The predicted molar refractivity (Wildman–Crippen MR) is 32.4 cm³/mol. The number of hydrogen-bond donors (Lipinski definition) is 2. The van der Waals surface area contributed by atoms with Crippen molar-refractivity contribution in [1.29, 1.82) is 0 Å². The molecule has 0 unspecified atom stereocenters. The van der Waals surface area contributed by atoms with Crippen molar-refractivity contribution in [3.8, 4) is 0 Å². The summed E-state index contributed by atoms with van der Waals surface area (Å²) in [7, 11) is 0. The second kappa shape index (κ2) is 1.33. The van der Waals surface area contributed by atoms with Gasteiger partial charge in [-0.1, -0.05) is 6.58 Å². The zero-order chi connectivity index (χ0) is 6.15. The van der Waals surface area contributed by atoms with Crippen LogP contribution in [0.3, 0.4) is 0 Å². The Morgan fingerprint density at radius 1 is 1.12 bits per heavy atom. The van der Waals surface area contributed by atoms with Gasteiger partial charge in [-0.25, -0.2) is 9.98 Å². The van der Waals surface area contributed by atoms with Crippen LogP contribution in [0.2, 0.25) is 0 Å². The maximum Gasteiger partial charge on any atom is 0.168 e. The maximum atomic E-state index is 5.20. The highest BCUT2D eigenvalue weighted by Gasteiger charge is 2.06. The Morgan fingerprint density at radius 3 is 1.62 bits per heavy atom. The molecule has 0 atom stereocenters. The van der Waals surface area contributed by atoms with Crippen LogP contribution >= 0.6 is 0 Å². The highest BCUT2D eigenvalue weighted by molar-refractivity contribution is 6.40. The van der Waals surface area contributed by atoms with Crippen LogP contribution < -0.4 is 11.5 Å². The molecule has 4 nitrogen and oxygen atoms in total. The SMILES string of the molecule is C=C1N=C(N)C(N)=N1. The van der Waals surface area contributed by atoms with Crippen LogP contribution in [-0.2, 0) is 0 Å². The van der Waals surface area contributed by atoms with Crippen molar-refractivity contribution in [2.45, 2.75) is 0 Å². The minimum absolute atomic E-state index is 0.259. The summed E-state index contributed by atoms with van der Waals surface area (Å²) in [6, 6.07) is 0. The van der Waals surface area contributed by atoms with Crippen molar-refractivity contribution < 1.29 is 0 Å². The minimum Gasteiger partial charge on any atom is -0.381 e. The molecule has 0 aliphatic carbocycles. The molecule has 0 aromatic heterocycles. The van der Waals surface area contributed by atoms with Gasteiger partial charge in [0, 0.05) is 0 Å². The van der Waals surface area contributed by atoms with Crippen molar-refractivity contribution in [1.82, 2.24) is 0 Å². The molecule has 1 rings (SSSR count). The van der Waals surface area contributed by atoms with Gasteiger partial charge in [0.25, 0.3) is 0 Å². The van der Waals surface area contributed by atoms with Gasteiger partial charge >= 0.3 is 0 Å². The Morgan fingerprint density at radius 2 is 1.50 bits per heavy atom. The molecule has 8 heavy (non-hydrogen) atoms. The van der Waals surface area contributed by atoms with E-state index in [-0.39, 0.29) is 11.7 Å². The van der Waals surface area contributed by atoms with Gasteiger partial charge in [0.1, 0.15) is 5.82 Å². The molecular weight excluding hydrogens is 104 g/mol. The van der Waals surface area contributed by atoms with E-state index in [0.29, 0.717) is 5.82 Å². The molecule has 4 N–H and O–H groups in total. The molecule has 0 aromatic rings. The summed E-state index contributed by atoms with van der Waals surface area (Å²) < 4.78 is 0. The van der Waals surface area contributed by atoms with Gasteiger partial charge < -0.3 is 11.5 Å². The van der Waals surface area contributed by atoms with Crippen LogP contribution in [-0.4, -0.2) is 11.7 Å². The first-order valence-corrected chi connectivity index (χ1v) is 2.08. The first-order chi connectivity index (χ1) is 3.70. The lowest BCUT2D eigenvalue weighted by Crippen LogP contribution is -2.28. The number of hydrogen-bond acceptors (Lipinski definition) is 4. The molecule has 0 bridgehead atoms. The number of aliphatic imine (C=N–C) groups is 2. The molecule has 1 aliphatic heterocycles. The fourth-order valence-corrected chi connectivity index (χ4v) is 0.418. The van der Waals surface area contributed by atoms with Crippen LogP contribution in [0.5, 0.6) is 0 Å². The summed E-state index contributed by atoms with van der Waals surface area (Å²) in [5.74, 6) is 0.894. The van der Waals surface area contributed by atoms with E-state index in [0.717, 1.165) is 0 Å². The molecule has 1 heterocycles. The van der Waals surface area contributed by atoms with Crippen LogP contribution in [0.1, 0.15) is 0 Å². The zero-order valence-corrected chi connectivity index (χ0v) is 4.26. The molecule has 0 amide bonds. The normalized spacial score (nSPS) is 18.2. The predicted octanol–water partition coefficient (Wildman–Crippen LogP) is -0.814. The van der Waals surface area contributed by atoms with Gasteiger partial charge in [-0.15, -0.1) is 0 Å². The summed E-state index contributed by atoms with van der Waals surface area (Å²) >= 11 is 0. The topological polar surface area (TPSA) is 76.8 Å². The van der Waals surface area contributed by atoms with Crippen LogP contribution in [0, 0.1) is 0 Å². The first-order valence-electron chi connectivity index (χ1n) is 2.08. The third kappa shape index (κ3) is 0.556. The summed E-state index contributed by atoms with van der Waals surface area (Å²) in [6.07, 6.45) is 0. The number of amidine groups is 2. The van der Waals surface area contributed by atoms with E-state index in [9.17, 15) is 0 Å². The van der Waals surface area contributed by atoms with Gasteiger partial charge in [0.15, 0.2) is 11.7 Å². The minimum atomic E-state index is 0.259. The number of nitrogens with zero attached hydrogens (tertiary/aromatic N) is 2. The third-order valence-corrected chi connectivity index (χ3v) is 0.761. The maximum absolute atomic E-state index is 5.20. The zero-order valence-electron chi connectivity index (χ0n) is 4.26. The lowest BCUT2D eigenvalue weighted by atomic mass is 10.6. The molecule has 0 spiro atoms. The third-order valence-electron chi connectivity index (χ3n) is 0.761. The van der Waals surface area contributed by atoms with Gasteiger partial charge in [0.2, 0.25) is 0 Å². The Labute approximate surface area is 46.6 Å². The Kier molecular flexibility index (Phi) is 0.802. The monoisotopic (exact) mass is 110 g/mol. The van der Waals surface area contributed by atoms with Crippen molar-refractivity contribution >= 4 is 11.7 Å². The lowest BCUT2D eigenvalue weighted by molar-refractivity contribution is 1.29. The fraction of sp³-hybridized carbons (Fsp3) is 0. The highest BCUT2D eigenvalue weighted by atomic mass is 15.1. The molecule has 0 saturated heterocycles. The smallest absolute Gasteiger partial charge is 0.168 e. The largest absolute Gasteiger partial charge is 0.381 e. The summed E-state index contributed by atoms with van der Waals surface area (Å²) in [4.78, 5) is 7.28. The quantitative estimate of drug-likeness (QED) is 0.427. The van der Waals surface area contributed by atoms with E-state index in [4.69, 9.17) is 11.5 Å². The van der Waals surface area contributed by atoms with E-state index in [1.165, 1.54) is 0 Å². The number of rotatable bonds is 0. The molecule has 4 heteroatoms. The van der Waals surface area contributed by atoms with Crippen LogP contribution in [0.4, 0.5) is 0 Å². The van der Waals surface area contributed by atoms with Gasteiger partial charge in [0.05, 0.1) is 0 Å². The fourth-order valence-electron chi connectivity index (χ4n) is 0.418. The molecule has 42 valence electrons. The van der Waals surface area contributed by atoms with Crippen molar-refractivity contribution in [3.63, 3.8) is 0 Å². The summed E-state index contributed by atoms with van der Waals surface area (Å²) in [6.45, 7) is 3.42. The molecule has 0 fully saturated rings. The molecule has 0 saturated carbocycles. The van der Waals surface area contributed by atoms with E-state index in [1.54, 1.807) is 0 Å².